The second-order valence-corrected chi connectivity index (χ2v) is 4.65. The van der Waals surface area contributed by atoms with Crippen LogP contribution in [0.25, 0.3) is 0 Å². The number of benzene rings is 1. The smallest absolute Gasteiger partial charge is 0.269 e. The van der Waals surface area contributed by atoms with Crippen LogP contribution >= 0.6 is 0 Å². The van der Waals surface area contributed by atoms with Crippen LogP contribution in [0.4, 0.5) is 5.69 Å². The van der Waals surface area contributed by atoms with Gasteiger partial charge in [0.05, 0.1) is 18.4 Å². The first kappa shape index (κ1) is 13.3. The molecule has 2 rings (SSSR count). The molecule has 1 aromatic heterocycles. The third-order valence-corrected chi connectivity index (χ3v) is 2.90. The van der Waals surface area contributed by atoms with Crippen molar-refractivity contribution >= 4 is 5.69 Å². The Hall–Kier alpha value is -2.10. The Balaban J connectivity index is 2.13. The van der Waals surface area contributed by atoms with E-state index in [1.165, 1.54) is 10.2 Å². The molecule has 0 atom stereocenters. The largest absolute Gasteiger partial charge is 0.384 e. The lowest BCUT2D eigenvalue weighted by molar-refractivity contribution is 0.639. The molecule has 100 valence electrons. The van der Waals surface area contributed by atoms with Crippen molar-refractivity contribution in [2.45, 2.75) is 26.8 Å². The summed E-state index contributed by atoms with van der Waals surface area (Å²) in [6.45, 7) is 5.48. The van der Waals surface area contributed by atoms with E-state index in [1.54, 1.807) is 12.3 Å². The van der Waals surface area contributed by atoms with E-state index in [0.29, 0.717) is 6.54 Å². The zero-order chi connectivity index (χ0) is 13.7. The fourth-order valence-electron chi connectivity index (χ4n) is 1.78. The van der Waals surface area contributed by atoms with E-state index in [4.69, 9.17) is 0 Å². The Bertz CT molecular complexity index is 587. The monoisotopic (exact) mass is 257 g/mol. The van der Waals surface area contributed by atoms with Crippen molar-refractivity contribution in [2.75, 3.05) is 11.9 Å². The van der Waals surface area contributed by atoms with Crippen LogP contribution in [0.5, 0.6) is 0 Å². The third-order valence-electron chi connectivity index (χ3n) is 2.90. The molecule has 1 heterocycles. The molecule has 19 heavy (non-hydrogen) atoms. The van der Waals surface area contributed by atoms with Gasteiger partial charge in [-0.05, 0) is 18.9 Å². The highest BCUT2D eigenvalue weighted by atomic mass is 16.1. The van der Waals surface area contributed by atoms with Crippen LogP contribution in [0.1, 0.15) is 24.5 Å². The van der Waals surface area contributed by atoms with Crippen molar-refractivity contribution in [3.63, 3.8) is 0 Å². The summed E-state index contributed by atoms with van der Waals surface area (Å²) >= 11 is 0. The van der Waals surface area contributed by atoms with Crippen molar-refractivity contribution in [1.82, 2.24) is 9.78 Å². The molecule has 2 aromatic rings. The summed E-state index contributed by atoms with van der Waals surface area (Å²) in [5.41, 5.74) is 2.99. The topological polar surface area (TPSA) is 46.9 Å². The third kappa shape index (κ3) is 3.68. The molecule has 0 aliphatic heterocycles. The molecule has 0 saturated heterocycles. The predicted octanol–water partition coefficient (Wildman–Crippen LogP) is 2.42. The average Bonchev–Trinajstić information content (AvgIpc) is 2.41. The van der Waals surface area contributed by atoms with Crippen LogP contribution in [-0.2, 0) is 6.54 Å². The zero-order valence-electron chi connectivity index (χ0n) is 11.4. The van der Waals surface area contributed by atoms with Gasteiger partial charge in [-0.25, -0.2) is 4.68 Å². The fraction of sp³-hybridized carbons (Fsp3) is 0.333. The number of nitrogens with zero attached hydrogens (tertiary/aromatic N) is 2. The molecule has 0 unspecified atom stereocenters. The van der Waals surface area contributed by atoms with Crippen LogP contribution in [0.3, 0.4) is 0 Å². The maximum atomic E-state index is 11.9. The van der Waals surface area contributed by atoms with E-state index < -0.39 is 0 Å². The van der Waals surface area contributed by atoms with Crippen LogP contribution in [0.15, 0.2) is 41.3 Å². The summed E-state index contributed by atoms with van der Waals surface area (Å²) in [4.78, 5) is 11.9. The molecule has 0 radical (unpaired) electrons. The standard InChI is InChI=1S/C15H19N3O/c1-3-8-16-14-9-15(19)18(17-10-14)11-13-6-4-12(2)5-7-13/h4-7,9-10,16H,3,8,11H2,1-2H3. The van der Waals surface area contributed by atoms with E-state index in [-0.39, 0.29) is 5.56 Å². The van der Waals surface area contributed by atoms with E-state index in [0.717, 1.165) is 24.2 Å². The fourth-order valence-corrected chi connectivity index (χ4v) is 1.78. The van der Waals surface area contributed by atoms with Gasteiger partial charge in [0.25, 0.3) is 5.56 Å². The molecule has 0 spiro atoms. The van der Waals surface area contributed by atoms with E-state index >= 15 is 0 Å². The first-order valence-corrected chi connectivity index (χ1v) is 6.55. The summed E-state index contributed by atoms with van der Waals surface area (Å²) < 4.78 is 1.47. The molecule has 0 amide bonds. The van der Waals surface area contributed by atoms with Gasteiger partial charge in [0.2, 0.25) is 0 Å². The van der Waals surface area contributed by atoms with Gasteiger partial charge < -0.3 is 5.32 Å². The lowest BCUT2D eigenvalue weighted by Gasteiger charge is -2.07. The number of rotatable bonds is 5. The number of nitrogens with one attached hydrogen (secondary N) is 1. The van der Waals surface area contributed by atoms with Gasteiger partial charge in [-0.2, -0.15) is 5.10 Å². The van der Waals surface area contributed by atoms with Crippen molar-refractivity contribution < 1.29 is 0 Å². The molecular formula is C15H19N3O. The van der Waals surface area contributed by atoms with Crippen molar-refractivity contribution in [1.29, 1.82) is 0 Å². The molecule has 0 aliphatic carbocycles. The highest BCUT2D eigenvalue weighted by molar-refractivity contribution is 5.38. The number of aromatic nitrogens is 2. The van der Waals surface area contributed by atoms with Gasteiger partial charge in [-0.3, -0.25) is 4.79 Å². The predicted molar refractivity (Wildman–Crippen MR) is 77.6 cm³/mol. The van der Waals surface area contributed by atoms with Crippen molar-refractivity contribution in [3.05, 3.63) is 58.0 Å². The lowest BCUT2D eigenvalue weighted by Crippen LogP contribution is -2.23. The molecular weight excluding hydrogens is 238 g/mol. The minimum atomic E-state index is -0.0818. The maximum Gasteiger partial charge on any atom is 0.269 e. The van der Waals surface area contributed by atoms with E-state index in [9.17, 15) is 4.79 Å². The van der Waals surface area contributed by atoms with Gasteiger partial charge in [0, 0.05) is 12.6 Å². The van der Waals surface area contributed by atoms with Crippen LogP contribution in [-0.4, -0.2) is 16.3 Å². The zero-order valence-corrected chi connectivity index (χ0v) is 11.4. The summed E-state index contributed by atoms with van der Waals surface area (Å²) in [6.07, 6.45) is 2.72. The maximum absolute atomic E-state index is 11.9. The average molecular weight is 257 g/mol. The Morgan fingerprint density at radius 3 is 2.63 bits per heavy atom. The van der Waals surface area contributed by atoms with Gasteiger partial charge >= 0.3 is 0 Å². The van der Waals surface area contributed by atoms with Crippen LogP contribution in [0.2, 0.25) is 0 Å². The van der Waals surface area contributed by atoms with E-state index in [2.05, 4.69) is 17.3 Å². The summed E-state index contributed by atoms with van der Waals surface area (Å²) in [6, 6.07) is 9.71. The highest BCUT2D eigenvalue weighted by Crippen LogP contribution is 2.05. The SMILES string of the molecule is CCCNc1cnn(Cc2ccc(C)cc2)c(=O)c1. The van der Waals surface area contributed by atoms with Crippen molar-refractivity contribution in [3.8, 4) is 0 Å². The molecule has 0 fully saturated rings. The number of hydrogen-bond donors (Lipinski definition) is 1. The molecule has 4 heteroatoms. The number of hydrogen-bond acceptors (Lipinski definition) is 3. The molecule has 0 bridgehead atoms. The summed E-state index contributed by atoms with van der Waals surface area (Å²) in [7, 11) is 0. The first-order chi connectivity index (χ1) is 9.19. The quantitative estimate of drug-likeness (QED) is 0.894. The van der Waals surface area contributed by atoms with Crippen LogP contribution in [0, 0.1) is 6.92 Å². The second kappa shape index (κ2) is 6.18. The summed E-state index contributed by atoms with van der Waals surface area (Å²) in [5, 5.41) is 7.35. The molecule has 4 nitrogen and oxygen atoms in total. The second-order valence-electron chi connectivity index (χ2n) is 4.65. The summed E-state index contributed by atoms with van der Waals surface area (Å²) in [5.74, 6) is 0. The number of aryl methyl sites for hydroxylation is 1. The van der Waals surface area contributed by atoms with Gasteiger partial charge in [0.1, 0.15) is 0 Å². The number of anilines is 1. The van der Waals surface area contributed by atoms with Gasteiger partial charge in [-0.15, -0.1) is 0 Å². The molecule has 0 saturated carbocycles. The lowest BCUT2D eigenvalue weighted by atomic mass is 10.1. The van der Waals surface area contributed by atoms with Gasteiger partial charge in [0.15, 0.2) is 0 Å². The van der Waals surface area contributed by atoms with Crippen LogP contribution < -0.4 is 10.9 Å². The minimum absolute atomic E-state index is 0.0818. The molecule has 1 aromatic carbocycles. The Labute approximate surface area is 113 Å². The Morgan fingerprint density at radius 1 is 1.26 bits per heavy atom. The first-order valence-electron chi connectivity index (χ1n) is 6.55. The molecule has 1 N–H and O–H groups in total. The Morgan fingerprint density at radius 2 is 2.00 bits per heavy atom. The minimum Gasteiger partial charge on any atom is -0.384 e. The highest BCUT2D eigenvalue weighted by Gasteiger charge is 2.01. The van der Waals surface area contributed by atoms with Crippen molar-refractivity contribution in [2.24, 2.45) is 0 Å². The van der Waals surface area contributed by atoms with E-state index in [1.807, 2.05) is 31.2 Å². The molecule has 0 aliphatic rings. The Kier molecular flexibility index (Phi) is 4.34. The van der Waals surface area contributed by atoms with Gasteiger partial charge in [-0.1, -0.05) is 36.8 Å². The normalized spacial score (nSPS) is 10.4.